The number of anilines is 1. The zero-order valence-electron chi connectivity index (χ0n) is 12.4. The van der Waals surface area contributed by atoms with Gasteiger partial charge in [0, 0.05) is 16.7 Å². The van der Waals surface area contributed by atoms with Crippen molar-refractivity contribution < 1.29 is 14.7 Å². The molecule has 0 fully saturated rings. The minimum Gasteiger partial charge on any atom is -0.481 e. The van der Waals surface area contributed by atoms with Crippen LogP contribution in [0.4, 0.5) is 10.5 Å². The van der Waals surface area contributed by atoms with Crippen LogP contribution in [0.5, 0.6) is 0 Å². The third-order valence-electron chi connectivity index (χ3n) is 3.06. The molecule has 0 aliphatic rings. The van der Waals surface area contributed by atoms with Crippen molar-refractivity contribution in [2.45, 2.75) is 27.2 Å². The van der Waals surface area contributed by atoms with E-state index in [1.165, 1.54) is 0 Å². The lowest BCUT2D eigenvalue weighted by atomic mass is 9.97. The summed E-state index contributed by atoms with van der Waals surface area (Å²) in [7, 11) is 0. The number of halogens is 1. The quantitative estimate of drug-likeness (QED) is 0.728. The second-order valence-electron chi connectivity index (χ2n) is 5.46. The van der Waals surface area contributed by atoms with Gasteiger partial charge in [-0.3, -0.25) is 4.79 Å². The Morgan fingerprint density at radius 2 is 2.00 bits per heavy atom. The van der Waals surface area contributed by atoms with Crippen molar-refractivity contribution >= 4 is 33.6 Å². The van der Waals surface area contributed by atoms with Crippen LogP contribution in [0.3, 0.4) is 0 Å². The van der Waals surface area contributed by atoms with Crippen LogP contribution in [0.15, 0.2) is 22.7 Å². The number of carboxylic acid groups (broad SMARTS) is 1. The fourth-order valence-corrected chi connectivity index (χ4v) is 2.31. The summed E-state index contributed by atoms with van der Waals surface area (Å²) in [6, 6.07) is 5.18. The Kier molecular flexibility index (Phi) is 6.68. The topological polar surface area (TPSA) is 78.4 Å². The normalized spacial score (nSPS) is 12.0. The molecule has 0 aliphatic carbocycles. The number of aliphatic carboxylic acids is 1. The van der Waals surface area contributed by atoms with Gasteiger partial charge in [0.25, 0.3) is 0 Å². The van der Waals surface area contributed by atoms with Crippen molar-refractivity contribution in [2.75, 3.05) is 11.9 Å². The van der Waals surface area contributed by atoms with Gasteiger partial charge in [0.1, 0.15) is 0 Å². The molecule has 1 aromatic carbocycles. The highest BCUT2D eigenvalue weighted by Crippen LogP contribution is 2.20. The molecule has 0 saturated carbocycles. The van der Waals surface area contributed by atoms with E-state index in [2.05, 4.69) is 26.6 Å². The van der Waals surface area contributed by atoms with Crippen LogP contribution in [0, 0.1) is 18.8 Å². The zero-order valence-corrected chi connectivity index (χ0v) is 14.0. The van der Waals surface area contributed by atoms with Gasteiger partial charge in [-0.15, -0.1) is 0 Å². The summed E-state index contributed by atoms with van der Waals surface area (Å²) in [5, 5.41) is 14.5. The van der Waals surface area contributed by atoms with Crippen molar-refractivity contribution in [3.63, 3.8) is 0 Å². The van der Waals surface area contributed by atoms with Gasteiger partial charge in [0.05, 0.1) is 5.92 Å². The molecule has 0 saturated heterocycles. The first-order valence-corrected chi connectivity index (χ1v) is 7.62. The van der Waals surface area contributed by atoms with Crippen LogP contribution < -0.4 is 10.6 Å². The van der Waals surface area contributed by atoms with E-state index in [0.717, 1.165) is 10.0 Å². The second kappa shape index (κ2) is 8.02. The van der Waals surface area contributed by atoms with Crippen molar-refractivity contribution in [2.24, 2.45) is 11.8 Å². The number of aryl methyl sites for hydroxylation is 1. The van der Waals surface area contributed by atoms with Gasteiger partial charge in [-0.25, -0.2) is 4.79 Å². The fourth-order valence-electron chi connectivity index (χ4n) is 1.95. The lowest BCUT2D eigenvalue weighted by molar-refractivity contribution is -0.142. The summed E-state index contributed by atoms with van der Waals surface area (Å²) >= 11 is 3.35. The van der Waals surface area contributed by atoms with Gasteiger partial charge in [0.2, 0.25) is 0 Å². The number of hydrogen-bond acceptors (Lipinski definition) is 2. The molecule has 3 N–H and O–H groups in total. The first kappa shape index (κ1) is 17.5. The maximum atomic E-state index is 11.9. The van der Waals surface area contributed by atoms with Gasteiger partial charge in [0.15, 0.2) is 0 Å². The van der Waals surface area contributed by atoms with Gasteiger partial charge >= 0.3 is 12.0 Å². The van der Waals surface area contributed by atoms with Crippen LogP contribution in [0.1, 0.15) is 25.8 Å². The molecule has 1 unspecified atom stereocenters. The summed E-state index contributed by atoms with van der Waals surface area (Å²) in [5.41, 5.74) is 1.63. The SMILES string of the molecule is Cc1ccc(Br)cc1NC(=O)NCC(CC(C)C)C(=O)O. The third-order valence-corrected chi connectivity index (χ3v) is 3.56. The Balaban J connectivity index is 2.57. The van der Waals surface area contributed by atoms with Gasteiger partial charge in [-0.2, -0.15) is 0 Å². The summed E-state index contributed by atoms with van der Waals surface area (Å²) in [6.45, 7) is 5.93. The van der Waals surface area contributed by atoms with E-state index in [9.17, 15) is 9.59 Å². The van der Waals surface area contributed by atoms with Crippen molar-refractivity contribution in [3.05, 3.63) is 28.2 Å². The first-order chi connectivity index (χ1) is 9.79. The predicted octanol–water partition coefficient (Wildman–Crippen LogP) is 3.63. The molecule has 1 atom stereocenters. The van der Waals surface area contributed by atoms with Crippen molar-refractivity contribution in [1.82, 2.24) is 5.32 Å². The van der Waals surface area contributed by atoms with Crippen LogP contribution >= 0.6 is 15.9 Å². The summed E-state index contributed by atoms with van der Waals surface area (Å²) in [5.74, 6) is -1.19. The number of amides is 2. The molecule has 116 valence electrons. The largest absolute Gasteiger partial charge is 0.481 e. The standard InChI is InChI=1S/C15H21BrN2O3/c1-9(2)6-11(14(19)20)8-17-15(21)18-13-7-12(16)5-4-10(13)3/h4-5,7,9,11H,6,8H2,1-3H3,(H,19,20)(H2,17,18,21). The third kappa shape index (κ3) is 6.16. The fraction of sp³-hybridized carbons (Fsp3) is 0.467. The molecular weight excluding hydrogens is 336 g/mol. The molecule has 5 nitrogen and oxygen atoms in total. The number of carboxylic acids is 1. The van der Waals surface area contributed by atoms with E-state index in [1.54, 1.807) is 6.07 Å². The molecule has 1 rings (SSSR count). The number of carbonyl (C=O) groups excluding carboxylic acids is 1. The number of rotatable bonds is 6. The molecule has 2 amide bonds. The summed E-state index contributed by atoms with van der Waals surface area (Å²) in [6.07, 6.45) is 0.533. The van der Waals surface area contributed by atoms with E-state index in [1.807, 2.05) is 32.9 Å². The highest BCUT2D eigenvalue weighted by Gasteiger charge is 2.19. The average Bonchev–Trinajstić information content (AvgIpc) is 2.38. The zero-order chi connectivity index (χ0) is 16.0. The van der Waals surface area contributed by atoms with Gasteiger partial charge in [-0.1, -0.05) is 35.8 Å². The first-order valence-electron chi connectivity index (χ1n) is 6.83. The lowest BCUT2D eigenvalue weighted by Gasteiger charge is -2.16. The predicted molar refractivity (Wildman–Crippen MR) is 86.5 cm³/mol. The maximum Gasteiger partial charge on any atom is 0.319 e. The Hall–Kier alpha value is -1.56. The maximum absolute atomic E-state index is 11.9. The Labute approximate surface area is 133 Å². The van der Waals surface area contributed by atoms with E-state index in [-0.39, 0.29) is 12.5 Å². The van der Waals surface area contributed by atoms with E-state index < -0.39 is 17.9 Å². The Morgan fingerprint density at radius 3 is 2.57 bits per heavy atom. The molecule has 1 aromatic rings. The minimum absolute atomic E-state index is 0.117. The molecule has 0 aromatic heterocycles. The van der Waals surface area contributed by atoms with E-state index in [0.29, 0.717) is 12.1 Å². The number of carbonyl (C=O) groups is 2. The monoisotopic (exact) mass is 356 g/mol. The lowest BCUT2D eigenvalue weighted by Crippen LogP contribution is -2.36. The smallest absolute Gasteiger partial charge is 0.319 e. The number of benzene rings is 1. The molecule has 21 heavy (non-hydrogen) atoms. The number of urea groups is 1. The number of hydrogen-bond donors (Lipinski definition) is 3. The summed E-state index contributed by atoms with van der Waals surface area (Å²) in [4.78, 5) is 23.0. The molecule has 0 radical (unpaired) electrons. The molecule has 0 bridgehead atoms. The van der Waals surface area contributed by atoms with Crippen LogP contribution in [-0.2, 0) is 4.79 Å². The molecule has 6 heteroatoms. The molecule has 0 spiro atoms. The molecular formula is C15H21BrN2O3. The van der Waals surface area contributed by atoms with Gasteiger partial charge in [-0.05, 0) is 37.0 Å². The molecule has 0 heterocycles. The minimum atomic E-state index is -0.886. The van der Waals surface area contributed by atoms with Crippen molar-refractivity contribution in [3.8, 4) is 0 Å². The van der Waals surface area contributed by atoms with Crippen LogP contribution in [0.2, 0.25) is 0 Å². The average molecular weight is 357 g/mol. The van der Waals surface area contributed by atoms with Crippen LogP contribution in [0.25, 0.3) is 0 Å². The Morgan fingerprint density at radius 1 is 1.33 bits per heavy atom. The number of nitrogens with one attached hydrogen (secondary N) is 2. The second-order valence-corrected chi connectivity index (χ2v) is 6.37. The van der Waals surface area contributed by atoms with E-state index in [4.69, 9.17) is 5.11 Å². The van der Waals surface area contributed by atoms with Crippen LogP contribution in [-0.4, -0.2) is 23.7 Å². The van der Waals surface area contributed by atoms with Gasteiger partial charge < -0.3 is 15.7 Å². The Bertz CT molecular complexity index is 518. The highest BCUT2D eigenvalue weighted by atomic mass is 79.9. The summed E-state index contributed by atoms with van der Waals surface area (Å²) < 4.78 is 0.867. The molecule has 0 aliphatic heterocycles. The van der Waals surface area contributed by atoms with E-state index >= 15 is 0 Å². The van der Waals surface area contributed by atoms with Crippen molar-refractivity contribution in [1.29, 1.82) is 0 Å². The highest BCUT2D eigenvalue weighted by molar-refractivity contribution is 9.10.